The number of hydrogen-bond donors (Lipinski definition) is 2. The van der Waals surface area contributed by atoms with Crippen LogP contribution in [0, 0.1) is 0 Å². The van der Waals surface area contributed by atoms with Gasteiger partial charge in [-0.05, 0) is 54.6 Å². The molecule has 3 aromatic rings. The number of imide groups is 1. The van der Waals surface area contributed by atoms with Crippen LogP contribution in [0.5, 0.6) is 0 Å². The van der Waals surface area contributed by atoms with Gasteiger partial charge in [-0.1, -0.05) is 23.7 Å². The fourth-order valence-electron chi connectivity index (χ4n) is 3.28. The van der Waals surface area contributed by atoms with E-state index in [1.54, 1.807) is 42.5 Å². The van der Waals surface area contributed by atoms with Gasteiger partial charge in [0.05, 0.1) is 27.5 Å². The normalized spacial score (nSPS) is 12.5. The van der Waals surface area contributed by atoms with Crippen molar-refractivity contribution in [2.24, 2.45) is 0 Å². The molecule has 0 bridgehead atoms. The molecule has 0 unspecified atom stereocenters. The molecule has 7 nitrogen and oxygen atoms in total. The molecule has 0 spiro atoms. The number of nitrogens with zero attached hydrogens (tertiary/aromatic N) is 1. The van der Waals surface area contributed by atoms with Crippen LogP contribution in [0.3, 0.4) is 0 Å². The quantitative estimate of drug-likeness (QED) is 0.598. The van der Waals surface area contributed by atoms with Gasteiger partial charge in [0, 0.05) is 18.2 Å². The van der Waals surface area contributed by atoms with E-state index in [0.29, 0.717) is 38.8 Å². The smallest absolute Gasteiger partial charge is 0.266 e. The average molecular weight is 434 g/mol. The molecular weight excluding hydrogens is 418 g/mol. The van der Waals surface area contributed by atoms with Gasteiger partial charge in [0.15, 0.2) is 0 Å². The number of fused-ring (bicyclic) bond motifs is 1. The van der Waals surface area contributed by atoms with E-state index in [9.17, 15) is 19.2 Å². The largest absolute Gasteiger partial charge is 0.326 e. The standard InChI is InChI=1S/C23H16ClN3O4/c1-13(28)25-15-8-11-19(24)20(12-15)26-21(29)14-6-9-16(10-7-14)27-22(30)17-4-2-3-5-18(17)23(27)31/h2-12H,1H3,(H,25,28)(H,26,29). The highest BCUT2D eigenvalue weighted by Crippen LogP contribution is 2.29. The molecule has 0 fully saturated rings. The molecule has 0 aromatic heterocycles. The highest BCUT2D eigenvalue weighted by Gasteiger charge is 2.36. The van der Waals surface area contributed by atoms with Gasteiger partial charge in [0.1, 0.15) is 0 Å². The van der Waals surface area contributed by atoms with Crippen LogP contribution >= 0.6 is 11.6 Å². The summed E-state index contributed by atoms with van der Waals surface area (Å²) >= 11 is 6.14. The number of benzene rings is 3. The molecule has 154 valence electrons. The maximum absolute atomic E-state index is 12.6. The molecule has 3 aromatic carbocycles. The minimum absolute atomic E-state index is 0.247. The van der Waals surface area contributed by atoms with Crippen molar-refractivity contribution in [2.45, 2.75) is 6.92 Å². The molecule has 0 saturated carbocycles. The van der Waals surface area contributed by atoms with E-state index in [1.165, 1.54) is 31.2 Å². The van der Waals surface area contributed by atoms with Crippen LogP contribution in [0.1, 0.15) is 38.0 Å². The fraction of sp³-hybridized carbons (Fsp3) is 0.0435. The summed E-state index contributed by atoms with van der Waals surface area (Å²) < 4.78 is 0. The highest BCUT2D eigenvalue weighted by molar-refractivity contribution is 6.35. The number of carbonyl (C=O) groups excluding carboxylic acids is 4. The van der Waals surface area contributed by atoms with E-state index in [1.807, 2.05) is 0 Å². The first-order chi connectivity index (χ1) is 14.8. The Bertz CT molecular complexity index is 1200. The molecular formula is C23H16ClN3O4. The Morgan fingerprint density at radius 3 is 2.03 bits per heavy atom. The van der Waals surface area contributed by atoms with Gasteiger partial charge in [0.2, 0.25) is 5.91 Å². The van der Waals surface area contributed by atoms with E-state index in [2.05, 4.69) is 10.6 Å². The average Bonchev–Trinajstić information content (AvgIpc) is 3.01. The second-order valence-corrected chi connectivity index (χ2v) is 7.28. The van der Waals surface area contributed by atoms with E-state index in [0.717, 1.165) is 4.90 Å². The lowest BCUT2D eigenvalue weighted by Crippen LogP contribution is -2.29. The Labute approximate surface area is 182 Å². The van der Waals surface area contributed by atoms with Crippen LogP contribution in [0.2, 0.25) is 5.02 Å². The third-order valence-electron chi connectivity index (χ3n) is 4.72. The number of carbonyl (C=O) groups is 4. The molecule has 4 rings (SSSR count). The van der Waals surface area contributed by atoms with Gasteiger partial charge in [-0.15, -0.1) is 0 Å². The number of nitrogens with one attached hydrogen (secondary N) is 2. The topological polar surface area (TPSA) is 95.6 Å². The zero-order valence-corrected chi connectivity index (χ0v) is 17.1. The summed E-state index contributed by atoms with van der Waals surface area (Å²) in [6.45, 7) is 1.38. The van der Waals surface area contributed by atoms with Crippen molar-refractivity contribution in [1.82, 2.24) is 0 Å². The van der Waals surface area contributed by atoms with Gasteiger partial charge >= 0.3 is 0 Å². The summed E-state index contributed by atoms with van der Waals surface area (Å²) in [5, 5.41) is 5.62. The maximum Gasteiger partial charge on any atom is 0.266 e. The number of anilines is 3. The van der Waals surface area contributed by atoms with Crippen molar-refractivity contribution in [3.05, 3.63) is 88.4 Å². The third kappa shape index (κ3) is 3.91. The maximum atomic E-state index is 12.6. The van der Waals surface area contributed by atoms with Crippen molar-refractivity contribution >= 4 is 52.3 Å². The first kappa shape index (κ1) is 20.3. The van der Waals surface area contributed by atoms with Crippen LogP contribution in [0.15, 0.2) is 66.7 Å². The minimum atomic E-state index is -0.434. The van der Waals surface area contributed by atoms with Crippen molar-refractivity contribution in [2.75, 3.05) is 15.5 Å². The molecule has 0 radical (unpaired) electrons. The number of hydrogen-bond acceptors (Lipinski definition) is 4. The van der Waals surface area contributed by atoms with Crippen LogP contribution < -0.4 is 15.5 Å². The van der Waals surface area contributed by atoms with Gasteiger partial charge in [0.25, 0.3) is 17.7 Å². The van der Waals surface area contributed by atoms with Crippen molar-refractivity contribution < 1.29 is 19.2 Å². The molecule has 0 aliphatic carbocycles. The van der Waals surface area contributed by atoms with Crippen LogP contribution in [-0.4, -0.2) is 23.6 Å². The Balaban J connectivity index is 1.53. The van der Waals surface area contributed by atoms with E-state index in [-0.39, 0.29) is 5.91 Å². The van der Waals surface area contributed by atoms with Crippen molar-refractivity contribution in [1.29, 1.82) is 0 Å². The molecule has 2 N–H and O–H groups in total. The van der Waals surface area contributed by atoms with E-state index < -0.39 is 17.7 Å². The lowest BCUT2D eigenvalue weighted by atomic mass is 10.1. The second kappa shape index (κ2) is 8.04. The summed E-state index contributed by atoms with van der Waals surface area (Å²) in [6, 6.07) is 17.4. The van der Waals surface area contributed by atoms with Gasteiger partial charge in [-0.25, -0.2) is 4.90 Å². The van der Waals surface area contributed by atoms with Gasteiger partial charge in [-0.2, -0.15) is 0 Å². The van der Waals surface area contributed by atoms with E-state index in [4.69, 9.17) is 11.6 Å². The fourth-order valence-corrected chi connectivity index (χ4v) is 3.45. The highest BCUT2D eigenvalue weighted by atomic mass is 35.5. The number of halogens is 1. The SMILES string of the molecule is CC(=O)Nc1ccc(Cl)c(NC(=O)c2ccc(N3C(=O)c4ccccc4C3=O)cc2)c1. The third-order valence-corrected chi connectivity index (χ3v) is 5.05. The van der Waals surface area contributed by atoms with Crippen LogP contribution in [0.25, 0.3) is 0 Å². The minimum Gasteiger partial charge on any atom is -0.326 e. The summed E-state index contributed by atoms with van der Waals surface area (Å²) in [5.74, 6) is -1.49. The monoisotopic (exact) mass is 433 g/mol. The molecule has 1 aliphatic rings. The molecule has 4 amide bonds. The number of amides is 4. The van der Waals surface area contributed by atoms with Crippen LogP contribution in [0.4, 0.5) is 17.1 Å². The molecule has 0 saturated heterocycles. The van der Waals surface area contributed by atoms with Crippen molar-refractivity contribution in [3.63, 3.8) is 0 Å². The van der Waals surface area contributed by atoms with Crippen molar-refractivity contribution in [3.8, 4) is 0 Å². The summed E-state index contributed by atoms with van der Waals surface area (Å²) in [7, 11) is 0. The molecule has 1 aliphatic heterocycles. The van der Waals surface area contributed by atoms with E-state index >= 15 is 0 Å². The predicted octanol–water partition coefficient (Wildman–Crippen LogP) is 4.35. The Morgan fingerprint density at radius 1 is 0.839 bits per heavy atom. The first-order valence-electron chi connectivity index (χ1n) is 9.31. The summed E-state index contributed by atoms with van der Waals surface area (Å²) in [4.78, 5) is 50.1. The molecule has 0 atom stereocenters. The Hall–Kier alpha value is -3.97. The molecule has 1 heterocycles. The Morgan fingerprint density at radius 2 is 1.45 bits per heavy atom. The van der Waals surface area contributed by atoms with Crippen LogP contribution in [-0.2, 0) is 4.79 Å². The summed E-state index contributed by atoms with van der Waals surface area (Å²) in [5.41, 5.74) is 2.20. The zero-order chi connectivity index (χ0) is 22.1. The molecule has 31 heavy (non-hydrogen) atoms. The summed E-state index contributed by atoms with van der Waals surface area (Å²) in [6.07, 6.45) is 0. The van der Waals surface area contributed by atoms with Gasteiger partial charge in [-0.3, -0.25) is 19.2 Å². The lowest BCUT2D eigenvalue weighted by molar-refractivity contribution is -0.114. The lowest BCUT2D eigenvalue weighted by Gasteiger charge is -2.14. The first-order valence-corrected chi connectivity index (χ1v) is 9.69. The Kier molecular flexibility index (Phi) is 5.27. The molecule has 8 heteroatoms. The predicted molar refractivity (Wildman–Crippen MR) is 118 cm³/mol. The van der Waals surface area contributed by atoms with Gasteiger partial charge < -0.3 is 10.6 Å². The zero-order valence-electron chi connectivity index (χ0n) is 16.3. The second-order valence-electron chi connectivity index (χ2n) is 6.87. The number of rotatable bonds is 4.